The van der Waals surface area contributed by atoms with Gasteiger partial charge in [0.25, 0.3) is 0 Å². The first-order valence-electron chi connectivity index (χ1n) is 8.19. The van der Waals surface area contributed by atoms with Gasteiger partial charge in [0, 0.05) is 18.8 Å². The lowest BCUT2D eigenvalue weighted by atomic mass is 9.83. The normalized spacial score (nSPS) is 17.7. The molecule has 0 saturated heterocycles. The molecular weight excluding hydrogens is 280 g/mol. The second kappa shape index (κ2) is 6.00. The van der Waals surface area contributed by atoms with E-state index in [1.807, 2.05) is 0 Å². The number of aromatic nitrogens is 2. The molecule has 1 aromatic carbocycles. The summed E-state index contributed by atoms with van der Waals surface area (Å²) in [6, 6.07) is 6.57. The average Bonchev–Trinajstić information content (AvgIpc) is 3.07. The van der Waals surface area contributed by atoms with Crippen LogP contribution in [-0.2, 0) is 13.0 Å². The number of hydrogen-bond acceptors (Lipinski definition) is 1. The van der Waals surface area contributed by atoms with E-state index in [0.717, 1.165) is 24.3 Å². The zero-order valence-electron chi connectivity index (χ0n) is 13.2. The highest BCUT2D eigenvalue weighted by molar-refractivity contribution is 6.17. The Morgan fingerprint density at radius 3 is 2.71 bits per heavy atom. The summed E-state index contributed by atoms with van der Waals surface area (Å²) in [5, 5.41) is 0. The molecule has 1 aliphatic rings. The predicted octanol–water partition coefficient (Wildman–Crippen LogP) is 5.10. The van der Waals surface area contributed by atoms with Gasteiger partial charge in [0.05, 0.1) is 11.0 Å². The van der Waals surface area contributed by atoms with Crippen molar-refractivity contribution in [2.24, 2.45) is 5.41 Å². The lowest BCUT2D eigenvalue weighted by Gasteiger charge is -2.29. The Balaban J connectivity index is 2.05. The summed E-state index contributed by atoms with van der Waals surface area (Å²) in [6.45, 7) is 5.61. The molecule has 1 aromatic heterocycles. The summed E-state index contributed by atoms with van der Waals surface area (Å²) in [5.74, 6) is 1.80. The van der Waals surface area contributed by atoms with Gasteiger partial charge in [0.2, 0.25) is 0 Å². The van der Waals surface area contributed by atoms with Crippen LogP contribution in [0.15, 0.2) is 18.2 Å². The van der Waals surface area contributed by atoms with Crippen LogP contribution in [0.4, 0.5) is 0 Å². The monoisotopic (exact) mass is 304 g/mol. The molecule has 0 atom stereocenters. The van der Waals surface area contributed by atoms with Gasteiger partial charge in [-0.2, -0.15) is 0 Å². The highest BCUT2D eigenvalue weighted by Gasteiger charge is 2.33. The number of fused-ring (bicyclic) bond motifs is 1. The highest BCUT2D eigenvalue weighted by atomic mass is 35.5. The third-order valence-corrected chi connectivity index (χ3v) is 5.40. The molecule has 2 nitrogen and oxygen atoms in total. The molecule has 114 valence electrons. The van der Waals surface area contributed by atoms with Gasteiger partial charge >= 0.3 is 0 Å². The highest BCUT2D eigenvalue weighted by Crippen LogP contribution is 2.43. The topological polar surface area (TPSA) is 17.8 Å². The van der Waals surface area contributed by atoms with E-state index in [1.165, 1.54) is 43.2 Å². The number of imidazole rings is 1. The minimum absolute atomic E-state index is 0.471. The number of benzene rings is 1. The number of hydrogen-bond donors (Lipinski definition) is 0. The van der Waals surface area contributed by atoms with Crippen molar-refractivity contribution in [1.29, 1.82) is 0 Å². The third kappa shape index (κ3) is 2.83. The zero-order valence-corrected chi connectivity index (χ0v) is 13.9. The van der Waals surface area contributed by atoms with Crippen molar-refractivity contribution in [2.75, 3.05) is 5.88 Å². The number of nitrogens with zero attached hydrogens (tertiary/aromatic N) is 2. The van der Waals surface area contributed by atoms with Crippen LogP contribution in [0.25, 0.3) is 11.0 Å². The van der Waals surface area contributed by atoms with Crippen LogP contribution < -0.4 is 0 Å². The number of alkyl halides is 1. The first kappa shape index (κ1) is 14.9. The van der Waals surface area contributed by atoms with Gasteiger partial charge in [-0.1, -0.05) is 25.8 Å². The second-order valence-electron chi connectivity index (χ2n) is 6.61. The van der Waals surface area contributed by atoms with E-state index in [-0.39, 0.29) is 0 Å². The van der Waals surface area contributed by atoms with Gasteiger partial charge in [0.1, 0.15) is 5.82 Å². The van der Waals surface area contributed by atoms with E-state index in [9.17, 15) is 0 Å². The van der Waals surface area contributed by atoms with Crippen LogP contribution in [0.2, 0.25) is 0 Å². The molecule has 0 amide bonds. The molecule has 0 bridgehead atoms. The molecule has 21 heavy (non-hydrogen) atoms. The molecule has 3 heteroatoms. The molecule has 0 N–H and O–H groups in total. The Labute approximate surface area is 132 Å². The van der Waals surface area contributed by atoms with Gasteiger partial charge in [-0.25, -0.2) is 4.98 Å². The SMILES string of the molecule is CCC1(Cn2c(CCCl)nc3ccc(C)cc32)CCCC1. The minimum Gasteiger partial charge on any atom is -0.327 e. The molecule has 1 heterocycles. The van der Waals surface area contributed by atoms with Crippen molar-refractivity contribution in [3.05, 3.63) is 29.6 Å². The first-order valence-corrected chi connectivity index (χ1v) is 8.73. The summed E-state index contributed by atoms with van der Waals surface area (Å²) in [6.07, 6.45) is 7.59. The summed E-state index contributed by atoms with van der Waals surface area (Å²) < 4.78 is 2.46. The lowest BCUT2D eigenvalue weighted by molar-refractivity contribution is 0.238. The average molecular weight is 305 g/mol. The van der Waals surface area contributed by atoms with E-state index in [4.69, 9.17) is 16.6 Å². The molecule has 0 spiro atoms. The molecule has 0 radical (unpaired) electrons. The van der Waals surface area contributed by atoms with Gasteiger partial charge < -0.3 is 4.57 Å². The van der Waals surface area contributed by atoms with Gasteiger partial charge in [-0.15, -0.1) is 11.6 Å². The molecule has 0 unspecified atom stereocenters. The van der Waals surface area contributed by atoms with Crippen molar-refractivity contribution >= 4 is 22.6 Å². The molecule has 0 aliphatic heterocycles. The van der Waals surface area contributed by atoms with Crippen molar-refractivity contribution in [3.8, 4) is 0 Å². The molecule has 1 aliphatic carbocycles. The number of aryl methyl sites for hydroxylation is 2. The maximum absolute atomic E-state index is 6.00. The lowest BCUT2D eigenvalue weighted by Crippen LogP contribution is -2.24. The maximum Gasteiger partial charge on any atom is 0.111 e. The van der Waals surface area contributed by atoms with Crippen LogP contribution in [0.1, 0.15) is 50.4 Å². The Morgan fingerprint density at radius 2 is 2.05 bits per heavy atom. The summed E-state index contributed by atoms with van der Waals surface area (Å²) in [4.78, 5) is 4.83. The van der Waals surface area contributed by atoms with Crippen LogP contribution in [-0.4, -0.2) is 15.4 Å². The Hall–Kier alpha value is -1.02. The van der Waals surface area contributed by atoms with Crippen LogP contribution >= 0.6 is 11.6 Å². The van der Waals surface area contributed by atoms with Crippen LogP contribution in [0, 0.1) is 12.3 Å². The minimum atomic E-state index is 0.471. The molecule has 3 rings (SSSR count). The standard InChI is InChI=1S/C18H25ClN2/c1-3-18(9-4-5-10-18)13-21-16-12-14(2)6-7-15(16)20-17(21)8-11-19/h6-7,12H,3-5,8-11,13H2,1-2H3. The van der Waals surface area contributed by atoms with Crippen molar-refractivity contribution in [3.63, 3.8) is 0 Å². The fourth-order valence-corrected chi connectivity index (χ4v) is 3.99. The molecule has 1 saturated carbocycles. The zero-order chi connectivity index (χ0) is 14.9. The molecular formula is C18H25ClN2. The number of rotatable bonds is 5. The third-order valence-electron chi connectivity index (χ3n) is 5.21. The van der Waals surface area contributed by atoms with Crippen molar-refractivity contribution < 1.29 is 0 Å². The Kier molecular flexibility index (Phi) is 4.26. The molecule has 2 aromatic rings. The smallest absolute Gasteiger partial charge is 0.111 e. The largest absolute Gasteiger partial charge is 0.327 e. The van der Waals surface area contributed by atoms with Crippen molar-refractivity contribution in [1.82, 2.24) is 9.55 Å². The van der Waals surface area contributed by atoms with Gasteiger partial charge in [-0.3, -0.25) is 0 Å². The van der Waals surface area contributed by atoms with Crippen LogP contribution in [0.3, 0.4) is 0 Å². The summed E-state index contributed by atoms with van der Waals surface area (Å²) >= 11 is 6.00. The number of halogens is 1. The fourth-order valence-electron chi connectivity index (χ4n) is 3.82. The maximum atomic E-state index is 6.00. The predicted molar refractivity (Wildman–Crippen MR) is 90.1 cm³/mol. The van der Waals surface area contributed by atoms with Gasteiger partial charge in [-0.05, 0) is 49.3 Å². The first-order chi connectivity index (χ1) is 10.2. The quantitative estimate of drug-likeness (QED) is 0.703. The second-order valence-corrected chi connectivity index (χ2v) is 6.98. The van der Waals surface area contributed by atoms with E-state index < -0.39 is 0 Å². The molecule has 1 fully saturated rings. The van der Waals surface area contributed by atoms with E-state index in [0.29, 0.717) is 11.3 Å². The van der Waals surface area contributed by atoms with E-state index in [1.54, 1.807) is 0 Å². The van der Waals surface area contributed by atoms with Crippen LogP contribution in [0.5, 0.6) is 0 Å². The van der Waals surface area contributed by atoms with Crippen molar-refractivity contribution in [2.45, 2.75) is 58.9 Å². The Bertz CT molecular complexity index is 623. The fraction of sp³-hybridized carbons (Fsp3) is 0.611. The summed E-state index contributed by atoms with van der Waals surface area (Å²) in [5.41, 5.74) is 4.18. The summed E-state index contributed by atoms with van der Waals surface area (Å²) in [7, 11) is 0. The Morgan fingerprint density at radius 1 is 1.29 bits per heavy atom. The van der Waals surface area contributed by atoms with Gasteiger partial charge in [0.15, 0.2) is 0 Å². The van der Waals surface area contributed by atoms with E-state index in [2.05, 4.69) is 36.6 Å². The van der Waals surface area contributed by atoms with E-state index >= 15 is 0 Å².